The van der Waals surface area contributed by atoms with Gasteiger partial charge in [-0.15, -0.1) is 22.7 Å². The summed E-state index contributed by atoms with van der Waals surface area (Å²) in [5.74, 6) is 0.149. The molecule has 0 radical (unpaired) electrons. The van der Waals surface area contributed by atoms with Gasteiger partial charge in [0.25, 0.3) is 5.91 Å². The van der Waals surface area contributed by atoms with Gasteiger partial charge in [0.05, 0.1) is 29.1 Å². The van der Waals surface area contributed by atoms with Gasteiger partial charge in [0.2, 0.25) is 0 Å². The Morgan fingerprint density at radius 1 is 1.10 bits per heavy atom. The Balaban J connectivity index is 1.50. The fraction of sp³-hybridized carbons (Fsp3) is 0.348. The Hall–Kier alpha value is -2.15. The van der Waals surface area contributed by atoms with Crippen LogP contribution in [0.2, 0.25) is 0 Å². The number of anilines is 1. The molecule has 1 fully saturated rings. The van der Waals surface area contributed by atoms with Crippen molar-refractivity contribution in [3.63, 3.8) is 0 Å². The van der Waals surface area contributed by atoms with E-state index < -0.39 is 0 Å². The van der Waals surface area contributed by atoms with E-state index in [0.29, 0.717) is 0 Å². The molecule has 3 aromatic rings. The molecule has 4 heterocycles. The molecule has 0 spiro atoms. The van der Waals surface area contributed by atoms with Crippen LogP contribution in [-0.4, -0.2) is 43.7 Å². The number of benzene rings is 1. The maximum absolute atomic E-state index is 13.5. The number of hydrogen-bond donors (Lipinski definition) is 0. The summed E-state index contributed by atoms with van der Waals surface area (Å²) in [7, 11) is 0. The number of rotatable bonds is 3. The number of hydrogen-bond acceptors (Lipinski definition) is 5. The van der Waals surface area contributed by atoms with Gasteiger partial charge < -0.3 is 14.5 Å². The number of fused-ring (bicyclic) bond motifs is 1. The summed E-state index contributed by atoms with van der Waals surface area (Å²) in [6.07, 6.45) is 0.955. The molecule has 1 amide bonds. The van der Waals surface area contributed by atoms with Gasteiger partial charge in [0.15, 0.2) is 0 Å². The van der Waals surface area contributed by atoms with Crippen molar-refractivity contribution in [2.45, 2.75) is 19.4 Å². The highest BCUT2D eigenvalue weighted by molar-refractivity contribution is 7.18. The first-order valence-corrected chi connectivity index (χ1v) is 11.8. The molecule has 2 aromatic heterocycles. The molecule has 5 rings (SSSR count). The number of carbonyl (C=O) groups excluding carboxylic acids is 1. The fourth-order valence-electron chi connectivity index (χ4n) is 4.24. The van der Waals surface area contributed by atoms with Gasteiger partial charge in [-0.1, -0.05) is 30.3 Å². The van der Waals surface area contributed by atoms with Crippen LogP contribution in [0.4, 0.5) is 5.00 Å². The standard InChI is InChI=1S/C23H24N2O2S2/c1-16-18-8-14-28-20(18)7-9-25(16)22(26)21-15-19(17-5-3-2-4-6-17)23(29-21)24-10-12-27-13-11-24/h2-6,8,14-16H,7,9-13H2,1H3/t16-/m1/s1. The minimum Gasteiger partial charge on any atom is -0.378 e. The summed E-state index contributed by atoms with van der Waals surface area (Å²) in [6, 6.07) is 14.8. The van der Waals surface area contributed by atoms with E-state index in [0.717, 1.165) is 55.3 Å². The maximum Gasteiger partial charge on any atom is 0.264 e. The van der Waals surface area contributed by atoms with Crippen molar-refractivity contribution in [3.8, 4) is 11.1 Å². The minimum atomic E-state index is 0.131. The quantitative estimate of drug-likeness (QED) is 0.588. The van der Waals surface area contributed by atoms with E-state index in [1.807, 2.05) is 22.3 Å². The van der Waals surface area contributed by atoms with E-state index in [1.165, 1.54) is 15.4 Å². The number of nitrogens with zero attached hydrogens (tertiary/aromatic N) is 2. The average molecular weight is 425 g/mol. The molecule has 0 aliphatic carbocycles. The summed E-state index contributed by atoms with van der Waals surface area (Å²) in [5.41, 5.74) is 3.63. The van der Waals surface area contributed by atoms with Crippen molar-refractivity contribution in [1.29, 1.82) is 0 Å². The van der Waals surface area contributed by atoms with Gasteiger partial charge in [0, 0.05) is 30.1 Å². The first kappa shape index (κ1) is 18.9. The SMILES string of the molecule is C[C@@H]1c2ccsc2CCN1C(=O)c1cc(-c2ccccc2)c(N2CCOCC2)s1. The van der Waals surface area contributed by atoms with Crippen LogP contribution in [0.15, 0.2) is 47.8 Å². The zero-order valence-corrected chi connectivity index (χ0v) is 18.1. The van der Waals surface area contributed by atoms with Crippen molar-refractivity contribution in [3.05, 3.63) is 63.2 Å². The molecule has 0 unspecified atom stereocenters. The first-order chi connectivity index (χ1) is 14.2. The molecule has 2 aliphatic heterocycles. The van der Waals surface area contributed by atoms with Crippen LogP contribution in [0.25, 0.3) is 11.1 Å². The molecule has 1 saturated heterocycles. The van der Waals surface area contributed by atoms with Crippen LogP contribution in [0.1, 0.15) is 33.1 Å². The van der Waals surface area contributed by atoms with Crippen molar-refractivity contribution in [1.82, 2.24) is 4.90 Å². The summed E-state index contributed by atoms with van der Waals surface area (Å²) in [6.45, 7) is 6.15. The van der Waals surface area contributed by atoms with Gasteiger partial charge in [-0.2, -0.15) is 0 Å². The zero-order valence-electron chi connectivity index (χ0n) is 16.5. The Bertz CT molecular complexity index is 1010. The lowest BCUT2D eigenvalue weighted by Gasteiger charge is -2.33. The Labute approximate surface area is 179 Å². The zero-order chi connectivity index (χ0) is 19.8. The third kappa shape index (κ3) is 3.50. The molecular weight excluding hydrogens is 400 g/mol. The number of amides is 1. The summed E-state index contributed by atoms with van der Waals surface area (Å²) >= 11 is 3.44. The highest BCUT2D eigenvalue weighted by Gasteiger charge is 2.31. The van der Waals surface area contributed by atoms with E-state index in [1.54, 1.807) is 11.3 Å². The van der Waals surface area contributed by atoms with E-state index in [9.17, 15) is 4.79 Å². The maximum atomic E-state index is 13.5. The lowest BCUT2D eigenvalue weighted by Crippen LogP contribution is -2.38. The van der Waals surface area contributed by atoms with E-state index in [4.69, 9.17) is 4.74 Å². The number of morpholine rings is 1. The number of ether oxygens (including phenoxy) is 1. The molecule has 29 heavy (non-hydrogen) atoms. The second kappa shape index (κ2) is 7.94. The third-order valence-electron chi connectivity index (χ3n) is 5.84. The molecule has 1 aromatic carbocycles. The number of thiophene rings is 2. The molecular formula is C23H24N2O2S2. The fourth-order valence-corrected chi connectivity index (χ4v) is 6.39. The molecule has 150 valence electrons. The van der Waals surface area contributed by atoms with Crippen LogP contribution >= 0.6 is 22.7 Å². The number of carbonyl (C=O) groups is 1. The van der Waals surface area contributed by atoms with E-state index in [-0.39, 0.29) is 11.9 Å². The predicted octanol–water partition coefficient (Wildman–Crippen LogP) is 5.07. The van der Waals surface area contributed by atoms with Gasteiger partial charge in [0.1, 0.15) is 0 Å². The van der Waals surface area contributed by atoms with Crippen molar-refractivity contribution in [2.24, 2.45) is 0 Å². The third-order valence-corrected chi connectivity index (χ3v) is 8.02. The Morgan fingerprint density at radius 3 is 2.69 bits per heavy atom. The van der Waals surface area contributed by atoms with Crippen LogP contribution in [0.5, 0.6) is 0 Å². The lowest BCUT2D eigenvalue weighted by atomic mass is 10.0. The van der Waals surface area contributed by atoms with E-state index in [2.05, 4.69) is 53.6 Å². The topological polar surface area (TPSA) is 32.8 Å². The molecule has 0 saturated carbocycles. The van der Waals surface area contributed by atoms with Crippen LogP contribution < -0.4 is 4.90 Å². The van der Waals surface area contributed by atoms with Crippen molar-refractivity contribution < 1.29 is 9.53 Å². The smallest absolute Gasteiger partial charge is 0.264 e. The highest BCUT2D eigenvalue weighted by Crippen LogP contribution is 2.41. The normalized spacial score (nSPS) is 19.3. The highest BCUT2D eigenvalue weighted by atomic mass is 32.1. The lowest BCUT2D eigenvalue weighted by molar-refractivity contribution is 0.0684. The van der Waals surface area contributed by atoms with Crippen molar-refractivity contribution >= 4 is 33.6 Å². The first-order valence-electron chi connectivity index (χ1n) is 10.1. The largest absolute Gasteiger partial charge is 0.378 e. The molecule has 0 N–H and O–H groups in total. The van der Waals surface area contributed by atoms with Gasteiger partial charge in [-0.25, -0.2) is 0 Å². The van der Waals surface area contributed by atoms with Crippen LogP contribution in [0.3, 0.4) is 0 Å². The van der Waals surface area contributed by atoms with Crippen molar-refractivity contribution in [2.75, 3.05) is 37.7 Å². The second-order valence-electron chi connectivity index (χ2n) is 7.52. The second-order valence-corrected chi connectivity index (χ2v) is 9.55. The van der Waals surface area contributed by atoms with E-state index >= 15 is 0 Å². The van der Waals surface area contributed by atoms with Crippen LogP contribution in [-0.2, 0) is 11.2 Å². The van der Waals surface area contributed by atoms with Gasteiger partial charge in [-0.05, 0) is 42.0 Å². The van der Waals surface area contributed by atoms with Gasteiger partial charge >= 0.3 is 0 Å². The molecule has 0 bridgehead atoms. The summed E-state index contributed by atoms with van der Waals surface area (Å²) in [4.78, 5) is 20.2. The van der Waals surface area contributed by atoms with Crippen LogP contribution in [0, 0.1) is 0 Å². The molecule has 6 heteroatoms. The summed E-state index contributed by atoms with van der Waals surface area (Å²) in [5, 5.41) is 3.33. The molecule has 4 nitrogen and oxygen atoms in total. The predicted molar refractivity (Wildman–Crippen MR) is 120 cm³/mol. The molecule has 1 atom stereocenters. The summed E-state index contributed by atoms with van der Waals surface area (Å²) < 4.78 is 5.54. The minimum absolute atomic E-state index is 0.131. The Kier molecular flexibility index (Phi) is 5.16. The van der Waals surface area contributed by atoms with Gasteiger partial charge in [-0.3, -0.25) is 4.79 Å². The monoisotopic (exact) mass is 424 g/mol. The molecule has 2 aliphatic rings. The Morgan fingerprint density at radius 2 is 1.90 bits per heavy atom. The average Bonchev–Trinajstić information content (AvgIpc) is 3.43.